The number of carboxylic acids is 1. The van der Waals surface area contributed by atoms with Gasteiger partial charge in [-0.15, -0.1) is 0 Å². The molecular weight excluding hydrogens is 282 g/mol. The van der Waals surface area contributed by atoms with Gasteiger partial charge in [0.15, 0.2) is 5.78 Å². The van der Waals surface area contributed by atoms with E-state index in [0.29, 0.717) is 12.1 Å². The zero-order chi connectivity index (χ0) is 16.1. The van der Waals surface area contributed by atoms with Crippen molar-refractivity contribution >= 4 is 17.7 Å². The molecular formula is C17H21NO4. The van der Waals surface area contributed by atoms with E-state index in [1.807, 2.05) is 18.2 Å². The minimum absolute atomic E-state index is 0.0526. The fourth-order valence-electron chi connectivity index (χ4n) is 2.81. The highest BCUT2D eigenvalue weighted by Gasteiger charge is 2.18. The lowest BCUT2D eigenvalue weighted by atomic mass is 10.0. The van der Waals surface area contributed by atoms with Crippen LogP contribution in [0, 0.1) is 0 Å². The van der Waals surface area contributed by atoms with Crippen molar-refractivity contribution in [3.63, 3.8) is 0 Å². The third-order valence-corrected chi connectivity index (χ3v) is 4.05. The van der Waals surface area contributed by atoms with Gasteiger partial charge in [-0.05, 0) is 43.4 Å². The number of rotatable bonds is 7. The summed E-state index contributed by atoms with van der Waals surface area (Å²) in [5, 5.41) is 8.75. The van der Waals surface area contributed by atoms with E-state index < -0.39 is 5.97 Å². The zero-order valence-electron chi connectivity index (χ0n) is 12.8. The number of Topliss-reactive ketones (excluding diaryl/α,β-unsaturated/α-hetero) is 1. The first-order chi connectivity index (χ1) is 10.5. The lowest BCUT2D eigenvalue weighted by Gasteiger charge is -2.18. The Hall–Kier alpha value is -2.17. The number of ketones is 1. The van der Waals surface area contributed by atoms with Crippen LogP contribution in [0.3, 0.4) is 0 Å². The standard InChI is InChI=1S/C17H21NO4/c1-2-18(11-17(21)22)16(20)9-8-15(19)14-7-6-12-4-3-5-13(12)10-14/h6-7,10H,2-5,8-9,11H2,1H3,(H,21,22). The monoisotopic (exact) mass is 303 g/mol. The molecule has 0 unspecified atom stereocenters. The van der Waals surface area contributed by atoms with Crippen molar-refractivity contribution in [1.29, 1.82) is 0 Å². The van der Waals surface area contributed by atoms with Gasteiger partial charge in [-0.2, -0.15) is 0 Å². The molecule has 1 aromatic rings. The van der Waals surface area contributed by atoms with Crippen LogP contribution >= 0.6 is 0 Å². The maximum atomic E-state index is 12.2. The van der Waals surface area contributed by atoms with Gasteiger partial charge in [0.1, 0.15) is 6.54 Å². The van der Waals surface area contributed by atoms with Gasteiger partial charge in [0, 0.05) is 24.9 Å². The summed E-state index contributed by atoms with van der Waals surface area (Å²) in [5.41, 5.74) is 3.19. The second kappa shape index (κ2) is 7.20. The predicted molar refractivity (Wildman–Crippen MR) is 81.9 cm³/mol. The largest absolute Gasteiger partial charge is 0.480 e. The highest BCUT2D eigenvalue weighted by molar-refractivity contribution is 5.98. The van der Waals surface area contributed by atoms with Crippen LogP contribution in [0.5, 0.6) is 0 Å². The van der Waals surface area contributed by atoms with Crippen molar-refractivity contribution in [1.82, 2.24) is 4.90 Å². The number of hydrogen-bond acceptors (Lipinski definition) is 3. The predicted octanol–water partition coefficient (Wildman–Crippen LogP) is 2.07. The van der Waals surface area contributed by atoms with Crippen LogP contribution in [0.2, 0.25) is 0 Å². The summed E-state index contributed by atoms with van der Waals surface area (Å²) in [4.78, 5) is 36.1. The minimum atomic E-state index is -1.04. The van der Waals surface area contributed by atoms with Gasteiger partial charge in [0.05, 0.1) is 0 Å². The van der Waals surface area contributed by atoms with Crippen LogP contribution in [0.25, 0.3) is 0 Å². The van der Waals surface area contributed by atoms with E-state index in [1.54, 1.807) is 6.92 Å². The number of nitrogens with zero attached hydrogens (tertiary/aromatic N) is 1. The highest BCUT2D eigenvalue weighted by Crippen LogP contribution is 2.23. The molecule has 0 spiro atoms. The summed E-state index contributed by atoms with van der Waals surface area (Å²) in [6, 6.07) is 5.76. The maximum Gasteiger partial charge on any atom is 0.323 e. The van der Waals surface area contributed by atoms with E-state index in [-0.39, 0.29) is 31.1 Å². The number of carbonyl (C=O) groups excluding carboxylic acids is 2. The van der Waals surface area contributed by atoms with Gasteiger partial charge in [-0.25, -0.2) is 0 Å². The molecule has 5 nitrogen and oxygen atoms in total. The van der Waals surface area contributed by atoms with Crippen LogP contribution < -0.4 is 0 Å². The van der Waals surface area contributed by atoms with Crippen LogP contribution in [0.1, 0.15) is 47.7 Å². The van der Waals surface area contributed by atoms with E-state index in [0.717, 1.165) is 19.3 Å². The van der Waals surface area contributed by atoms with Crippen molar-refractivity contribution in [2.45, 2.75) is 39.0 Å². The fourth-order valence-corrected chi connectivity index (χ4v) is 2.81. The highest BCUT2D eigenvalue weighted by atomic mass is 16.4. The third kappa shape index (κ3) is 3.93. The first-order valence-corrected chi connectivity index (χ1v) is 7.65. The van der Waals surface area contributed by atoms with Gasteiger partial charge >= 0.3 is 5.97 Å². The summed E-state index contributed by atoms with van der Waals surface area (Å²) >= 11 is 0. The van der Waals surface area contributed by atoms with Crippen LogP contribution in [0.15, 0.2) is 18.2 Å². The van der Waals surface area contributed by atoms with E-state index >= 15 is 0 Å². The second-order valence-corrected chi connectivity index (χ2v) is 5.56. The molecule has 2 rings (SSSR count). The summed E-state index contributed by atoms with van der Waals surface area (Å²) in [6.45, 7) is 1.74. The van der Waals surface area contributed by atoms with E-state index in [1.165, 1.54) is 16.0 Å². The smallest absolute Gasteiger partial charge is 0.323 e. The lowest BCUT2D eigenvalue weighted by Crippen LogP contribution is -2.35. The molecule has 22 heavy (non-hydrogen) atoms. The molecule has 118 valence electrons. The molecule has 0 atom stereocenters. The average Bonchev–Trinajstić information content (AvgIpc) is 2.97. The van der Waals surface area contributed by atoms with Crippen LogP contribution in [0.4, 0.5) is 0 Å². The Labute approximate surface area is 129 Å². The Balaban J connectivity index is 1.92. The summed E-state index contributed by atoms with van der Waals surface area (Å²) in [5.74, 6) is -1.39. The summed E-state index contributed by atoms with van der Waals surface area (Å²) < 4.78 is 0. The summed E-state index contributed by atoms with van der Waals surface area (Å²) in [7, 11) is 0. The van der Waals surface area contributed by atoms with Gasteiger partial charge in [-0.3, -0.25) is 14.4 Å². The Kier molecular flexibility index (Phi) is 5.31. The van der Waals surface area contributed by atoms with E-state index in [4.69, 9.17) is 5.11 Å². The topological polar surface area (TPSA) is 74.7 Å². The Morgan fingerprint density at radius 2 is 1.86 bits per heavy atom. The Bertz CT molecular complexity index is 594. The quantitative estimate of drug-likeness (QED) is 0.783. The molecule has 1 aliphatic carbocycles. The first kappa shape index (κ1) is 16.2. The fraction of sp³-hybridized carbons (Fsp3) is 0.471. The molecule has 0 aromatic heterocycles. The average molecular weight is 303 g/mol. The Morgan fingerprint density at radius 3 is 2.55 bits per heavy atom. The van der Waals surface area contributed by atoms with Crippen molar-refractivity contribution in [2.75, 3.05) is 13.1 Å². The maximum absolute atomic E-state index is 12.2. The molecule has 1 aromatic carbocycles. The minimum Gasteiger partial charge on any atom is -0.480 e. The molecule has 1 aliphatic rings. The number of carbonyl (C=O) groups is 3. The molecule has 5 heteroatoms. The number of aryl methyl sites for hydroxylation is 2. The number of carboxylic acid groups (broad SMARTS) is 1. The molecule has 0 aliphatic heterocycles. The number of likely N-dealkylation sites (N-methyl/N-ethyl adjacent to an activating group) is 1. The number of fused-ring (bicyclic) bond motifs is 1. The van der Waals surface area contributed by atoms with Gasteiger partial charge in [0.2, 0.25) is 5.91 Å². The van der Waals surface area contributed by atoms with Crippen molar-refractivity contribution in [3.8, 4) is 0 Å². The molecule has 0 bridgehead atoms. The number of hydrogen-bond donors (Lipinski definition) is 1. The zero-order valence-corrected chi connectivity index (χ0v) is 12.8. The van der Waals surface area contributed by atoms with Gasteiger partial charge < -0.3 is 10.0 Å². The number of benzene rings is 1. The molecule has 0 radical (unpaired) electrons. The number of aliphatic carboxylic acids is 1. The molecule has 0 fully saturated rings. The van der Waals surface area contributed by atoms with Gasteiger partial charge in [-0.1, -0.05) is 12.1 Å². The SMILES string of the molecule is CCN(CC(=O)O)C(=O)CCC(=O)c1ccc2c(c1)CCC2. The summed E-state index contributed by atoms with van der Waals surface area (Å²) in [6.07, 6.45) is 3.39. The van der Waals surface area contributed by atoms with Crippen LogP contribution in [-0.4, -0.2) is 40.8 Å². The molecule has 1 amide bonds. The van der Waals surface area contributed by atoms with E-state index in [2.05, 4.69) is 0 Å². The van der Waals surface area contributed by atoms with Crippen molar-refractivity contribution in [2.24, 2.45) is 0 Å². The first-order valence-electron chi connectivity index (χ1n) is 7.65. The van der Waals surface area contributed by atoms with Gasteiger partial charge in [0.25, 0.3) is 0 Å². The van der Waals surface area contributed by atoms with Crippen molar-refractivity contribution in [3.05, 3.63) is 34.9 Å². The van der Waals surface area contributed by atoms with Crippen molar-refractivity contribution < 1.29 is 19.5 Å². The lowest BCUT2D eigenvalue weighted by molar-refractivity contribution is -0.144. The second-order valence-electron chi connectivity index (χ2n) is 5.56. The molecule has 1 N–H and O–H groups in total. The normalized spacial score (nSPS) is 12.8. The molecule has 0 saturated heterocycles. The Morgan fingerprint density at radius 1 is 1.14 bits per heavy atom. The third-order valence-electron chi connectivity index (χ3n) is 4.05. The van der Waals surface area contributed by atoms with Crippen LogP contribution in [-0.2, 0) is 22.4 Å². The van der Waals surface area contributed by atoms with E-state index in [9.17, 15) is 14.4 Å². The number of amides is 1. The molecule has 0 heterocycles. The molecule has 0 saturated carbocycles.